The highest BCUT2D eigenvalue weighted by Crippen LogP contribution is 2.35. The fourth-order valence-electron chi connectivity index (χ4n) is 4.40. The molecule has 2 atom stereocenters. The molecule has 0 radical (unpaired) electrons. The Morgan fingerprint density at radius 2 is 1.92 bits per heavy atom. The lowest BCUT2D eigenvalue weighted by Gasteiger charge is -2.41. The number of carbonyl (C=O) groups excluding carboxylic acids is 1. The van der Waals surface area contributed by atoms with Gasteiger partial charge in [-0.1, -0.05) is 26.2 Å². The highest BCUT2D eigenvalue weighted by molar-refractivity contribution is 6.01. The van der Waals surface area contributed by atoms with Crippen LogP contribution in [0.15, 0.2) is 9.59 Å². The van der Waals surface area contributed by atoms with E-state index in [1.54, 1.807) is 0 Å². The number of H-pyrrole nitrogens is 1. The smallest absolute Gasteiger partial charge is 0.329 e. The van der Waals surface area contributed by atoms with Crippen LogP contribution >= 0.6 is 0 Å². The van der Waals surface area contributed by atoms with Gasteiger partial charge in [-0.05, 0) is 37.6 Å². The Kier molecular flexibility index (Phi) is 5.42. The molecule has 0 spiro atoms. The Balaban J connectivity index is 1.76. The summed E-state index contributed by atoms with van der Waals surface area (Å²) in [5.74, 6) is 1.16. The Morgan fingerprint density at radius 3 is 2.64 bits per heavy atom. The highest BCUT2D eigenvalue weighted by Gasteiger charge is 2.32. The predicted octanol–water partition coefficient (Wildman–Crippen LogP) is 1.22. The van der Waals surface area contributed by atoms with Crippen molar-refractivity contribution in [3.8, 4) is 0 Å². The molecule has 7 heteroatoms. The third-order valence-corrected chi connectivity index (χ3v) is 5.71. The molecule has 7 nitrogen and oxygen atoms in total. The molecule has 3 rings (SSSR count). The van der Waals surface area contributed by atoms with E-state index in [2.05, 4.69) is 9.88 Å². The SMILES string of the molecule is CCCn1c(N)c(C(=O)CN2CC[C@H]3CCCC[C@@H]3C2)c(=O)[nH]c1=O. The number of rotatable bonds is 5. The lowest BCUT2D eigenvalue weighted by Crippen LogP contribution is -2.45. The van der Waals surface area contributed by atoms with Crippen LogP contribution in [0.4, 0.5) is 5.82 Å². The first kappa shape index (κ1) is 17.9. The second-order valence-corrected chi connectivity index (χ2v) is 7.42. The summed E-state index contributed by atoms with van der Waals surface area (Å²) >= 11 is 0. The van der Waals surface area contributed by atoms with E-state index in [1.807, 2.05) is 6.92 Å². The molecule has 3 N–H and O–H groups in total. The molecule has 0 aromatic carbocycles. The topological polar surface area (TPSA) is 101 Å². The summed E-state index contributed by atoms with van der Waals surface area (Å²) in [7, 11) is 0. The number of hydrogen-bond acceptors (Lipinski definition) is 5. The van der Waals surface area contributed by atoms with Crippen molar-refractivity contribution in [3.05, 3.63) is 26.4 Å². The molecule has 1 aliphatic heterocycles. The summed E-state index contributed by atoms with van der Waals surface area (Å²) in [6.07, 6.45) is 6.96. The molecule has 1 aromatic rings. The van der Waals surface area contributed by atoms with E-state index >= 15 is 0 Å². The number of likely N-dealkylation sites (tertiary alicyclic amines) is 1. The van der Waals surface area contributed by atoms with Crippen molar-refractivity contribution >= 4 is 11.6 Å². The monoisotopic (exact) mass is 348 g/mol. The summed E-state index contributed by atoms with van der Waals surface area (Å²) in [6.45, 7) is 4.30. The van der Waals surface area contributed by atoms with Crippen molar-refractivity contribution in [2.24, 2.45) is 11.8 Å². The number of Topliss-reactive ketones (excluding diaryl/α,β-unsaturated/α-hetero) is 1. The number of carbonyl (C=O) groups is 1. The van der Waals surface area contributed by atoms with Gasteiger partial charge in [0.05, 0.1) is 6.54 Å². The molecule has 2 fully saturated rings. The molecule has 0 amide bonds. The number of piperidine rings is 1. The maximum Gasteiger partial charge on any atom is 0.329 e. The van der Waals surface area contributed by atoms with Gasteiger partial charge in [-0.3, -0.25) is 24.0 Å². The van der Waals surface area contributed by atoms with Crippen LogP contribution < -0.4 is 17.0 Å². The number of nitrogens with two attached hydrogens (primary N) is 1. The first-order valence-corrected chi connectivity index (χ1v) is 9.39. The molecule has 25 heavy (non-hydrogen) atoms. The Bertz CT molecular complexity index is 752. The van der Waals surface area contributed by atoms with Crippen molar-refractivity contribution in [2.45, 2.75) is 52.0 Å². The average molecular weight is 348 g/mol. The van der Waals surface area contributed by atoms with Crippen molar-refractivity contribution in [1.82, 2.24) is 14.5 Å². The van der Waals surface area contributed by atoms with Gasteiger partial charge in [0.25, 0.3) is 5.56 Å². The number of hydrogen-bond donors (Lipinski definition) is 2. The van der Waals surface area contributed by atoms with Gasteiger partial charge >= 0.3 is 5.69 Å². The van der Waals surface area contributed by atoms with E-state index in [0.717, 1.165) is 25.4 Å². The number of nitrogens with one attached hydrogen (secondary N) is 1. The number of anilines is 1. The first-order valence-electron chi connectivity index (χ1n) is 9.39. The first-order chi connectivity index (χ1) is 12.0. The standard InChI is InChI=1S/C18H28N4O3/c1-2-8-22-16(19)15(17(24)20-18(22)25)14(23)11-21-9-7-12-5-3-4-6-13(12)10-21/h12-13H,2-11,19H2,1H3,(H,20,24,25)/t12-,13-/m1/s1. The number of nitrogen functional groups attached to an aromatic ring is 1. The van der Waals surface area contributed by atoms with Crippen LogP contribution in [0.5, 0.6) is 0 Å². The molecule has 0 bridgehead atoms. The zero-order valence-electron chi connectivity index (χ0n) is 14.9. The molecule has 1 saturated heterocycles. The van der Waals surface area contributed by atoms with Gasteiger partial charge in [-0.15, -0.1) is 0 Å². The molecule has 1 aromatic heterocycles. The largest absolute Gasteiger partial charge is 0.384 e. The Labute approximate surface area is 147 Å². The molecular formula is C18H28N4O3. The zero-order chi connectivity index (χ0) is 18.0. The van der Waals surface area contributed by atoms with Crippen LogP contribution in [-0.2, 0) is 6.54 Å². The molecule has 1 aliphatic carbocycles. The van der Waals surface area contributed by atoms with Crippen molar-refractivity contribution in [2.75, 3.05) is 25.4 Å². The number of aromatic amines is 1. The van der Waals surface area contributed by atoms with Crippen LogP contribution in [0.3, 0.4) is 0 Å². The summed E-state index contributed by atoms with van der Waals surface area (Å²) in [6, 6.07) is 0. The van der Waals surface area contributed by atoms with E-state index in [0.29, 0.717) is 18.9 Å². The Morgan fingerprint density at radius 1 is 1.20 bits per heavy atom. The maximum atomic E-state index is 12.7. The van der Waals surface area contributed by atoms with Crippen LogP contribution in [0.25, 0.3) is 0 Å². The average Bonchev–Trinajstić information content (AvgIpc) is 2.58. The van der Waals surface area contributed by atoms with Gasteiger partial charge in [0.15, 0.2) is 5.78 Å². The summed E-state index contributed by atoms with van der Waals surface area (Å²) in [5, 5.41) is 0. The van der Waals surface area contributed by atoms with E-state index in [9.17, 15) is 14.4 Å². The van der Waals surface area contributed by atoms with E-state index in [1.165, 1.54) is 30.3 Å². The number of aromatic nitrogens is 2. The molecule has 2 heterocycles. The molecular weight excluding hydrogens is 320 g/mol. The van der Waals surface area contributed by atoms with Crippen molar-refractivity contribution < 1.29 is 4.79 Å². The van der Waals surface area contributed by atoms with Crippen molar-refractivity contribution in [3.63, 3.8) is 0 Å². The summed E-state index contributed by atoms with van der Waals surface area (Å²) in [5.41, 5.74) is 4.69. The fraction of sp³-hybridized carbons (Fsp3) is 0.722. The lowest BCUT2D eigenvalue weighted by molar-refractivity contribution is 0.0712. The number of nitrogens with zero attached hydrogens (tertiary/aromatic N) is 2. The Hall–Kier alpha value is -1.89. The minimum Gasteiger partial charge on any atom is -0.384 e. The van der Waals surface area contributed by atoms with Gasteiger partial charge in [-0.25, -0.2) is 4.79 Å². The number of fused-ring (bicyclic) bond motifs is 1. The minimum atomic E-state index is -0.674. The maximum absolute atomic E-state index is 12.7. The van der Waals surface area contributed by atoms with Crippen LogP contribution in [0, 0.1) is 11.8 Å². The lowest BCUT2D eigenvalue weighted by atomic mass is 9.75. The second kappa shape index (κ2) is 7.56. The highest BCUT2D eigenvalue weighted by atomic mass is 16.2. The van der Waals surface area contributed by atoms with E-state index in [-0.39, 0.29) is 23.7 Å². The number of ketones is 1. The van der Waals surface area contributed by atoms with Crippen LogP contribution in [0.2, 0.25) is 0 Å². The quantitative estimate of drug-likeness (QED) is 0.779. The molecule has 0 unspecified atom stereocenters. The normalized spacial score (nSPS) is 24.0. The second-order valence-electron chi connectivity index (χ2n) is 7.42. The van der Waals surface area contributed by atoms with Gasteiger partial charge in [0.2, 0.25) is 0 Å². The molecule has 2 aliphatic rings. The molecule has 1 saturated carbocycles. The van der Waals surface area contributed by atoms with Crippen molar-refractivity contribution in [1.29, 1.82) is 0 Å². The summed E-state index contributed by atoms with van der Waals surface area (Å²) < 4.78 is 1.28. The minimum absolute atomic E-state index is 0.00634. The van der Waals surface area contributed by atoms with Gasteiger partial charge in [0, 0.05) is 13.1 Å². The fourth-order valence-corrected chi connectivity index (χ4v) is 4.40. The van der Waals surface area contributed by atoms with Gasteiger partial charge in [-0.2, -0.15) is 0 Å². The predicted molar refractivity (Wildman–Crippen MR) is 96.9 cm³/mol. The van der Waals surface area contributed by atoms with Gasteiger partial charge < -0.3 is 5.73 Å². The van der Waals surface area contributed by atoms with Gasteiger partial charge in [0.1, 0.15) is 11.4 Å². The van der Waals surface area contributed by atoms with Crippen LogP contribution in [0.1, 0.15) is 55.8 Å². The van der Waals surface area contributed by atoms with E-state index < -0.39 is 11.2 Å². The van der Waals surface area contributed by atoms with Crippen LogP contribution in [-0.4, -0.2) is 39.9 Å². The molecule has 138 valence electrons. The third kappa shape index (κ3) is 3.71. The summed E-state index contributed by atoms with van der Waals surface area (Å²) in [4.78, 5) is 41.1. The third-order valence-electron chi connectivity index (χ3n) is 5.71. The van der Waals surface area contributed by atoms with E-state index in [4.69, 9.17) is 5.73 Å². The zero-order valence-corrected chi connectivity index (χ0v) is 14.9.